The maximum Gasteiger partial charge on any atom is 0.123 e. The smallest absolute Gasteiger partial charge is 0.123 e. The van der Waals surface area contributed by atoms with Gasteiger partial charge >= 0.3 is 0 Å². The molecule has 0 fully saturated rings. The van der Waals surface area contributed by atoms with Crippen LogP contribution in [0.2, 0.25) is 0 Å². The van der Waals surface area contributed by atoms with Crippen LogP contribution in [0.3, 0.4) is 0 Å². The molecule has 1 nitrogen and oxygen atoms in total. The van der Waals surface area contributed by atoms with E-state index in [0.29, 0.717) is 0 Å². The quantitative estimate of drug-likeness (QED) is 0.499. The van der Waals surface area contributed by atoms with Crippen molar-refractivity contribution in [3.8, 4) is 22.3 Å². The largest absolute Gasteiger partial charge is 0.404 e. The summed E-state index contributed by atoms with van der Waals surface area (Å²) in [6, 6.07) is 31.1. The second-order valence-corrected chi connectivity index (χ2v) is 7.13. The van der Waals surface area contributed by atoms with Crippen LogP contribution >= 0.6 is 0 Å². The standard InChI is InChI=1S/C28H22FN/c1-20-4-2-3-5-26(20)18-27(19-30)25-12-10-22(11-13-25)21-6-8-23(9-7-21)24-14-16-28(29)17-15-24/h2-19H,1,30H2/b26-18-,27-19+. The van der Waals surface area contributed by atoms with E-state index >= 15 is 0 Å². The first-order valence-electron chi connectivity index (χ1n) is 9.78. The number of rotatable bonds is 4. The average molecular weight is 391 g/mol. The zero-order valence-corrected chi connectivity index (χ0v) is 16.6. The van der Waals surface area contributed by atoms with Gasteiger partial charge in [-0.25, -0.2) is 4.39 Å². The molecule has 4 aromatic rings. The summed E-state index contributed by atoms with van der Waals surface area (Å²) >= 11 is 0. The Morgan fingerprint density at radius 2 is 1.13 bits per heavy atom. The molecule has 0 aliphatic carbocycles. The summed E-state index contributed by atoms with van der Waals surface area (Å²) in [7, 11) is 0. The minimum absolute atomic E-state index is 0.225. The molecule has 4 aromatic carbocycles. The summed E-state index contributed by atoms with van der Waals surface area (Å²) in [6.45, 7) is 4.07. The van der Waals surface area contributed by atoms with Gasteiger partial charge in [0, 0.05) is 6.20 Å². The van der Waals surface area contributed by atoms with Gasteiger partial charge in [-0.1, -0.05) is 91.5 Å². The van der Waals surface area contributed by atoms with Gasteiger partial charge in [0.1, 0.15) is 5.82 Å². The zero-order valence-electron chi connectivity index (χ0n) is 16.6. The van der Waals surface area contributed by atoms with Crippen molar-refractivity contribution in [1.29, 1.82) is 0 Å². The topological polar surface area (TPSA) is 26.0 Å². The highest BCUT2D eigenvalue weighted by atomic mass is 19.1. The van der Waals surface area contributed by atoms with Crippen LogP contribution < -0.4 is 16.2 Å². The summed E-state index contributed by atoms with van der Waals surface area (Å²) in [5.74, 6) is -0.225. The van der Waals surface area contributed by atoms with Gasteiger partial charge in [-0.05, 0) is 62.0 Å². The average Bonchev–Trinajstić information content (AvgIpc) is 2.79. The van der Waals surface area contributed by atoms with Crippen LogP contribution in [-0.2, 0) is 0 Å². The molecule has 0 radical (unpaired) electrons. The third kappa shape index (κ3) is 4.23. The van der Waals surface area contributed by atoms with Gasteiger partial charge in [0.05, 0.1) is 0 Å². The highest BCUT2D eigenvalue weighted by Gasteiger charge is 2.03. The van der Waals surface area contributed by atoms with Crippen molar-refractivity contribution in [3.05, 3.63) is 125 Å². The Hall–Kier alpha value is -3.91. The first kappa shape index (κ1) is 19.4. The lowest BCUT2D eigenvalue weighted by Gasteiger charge is -2.07. The van der Waals surface area contributed by atoms with Gasteiger partial charge in [0.25, 0.3) is 0 Å². The molecule has 0 amide bonds. The van der Waals surface area contributed by atoms with Gasteiger partial charge in [0.2, 0.25) is 0 Å². The monoisotopic (exact) mass is 391 g/mol. The summed E-state index contributed by atoms with van der Waals surface area (Å²) in [5, 5.41) is 2.02. The molecule has 0 aromatic heterocycles. The predicted octanol–water partition coefficient (Wildman–Crippen LogP) is 5.35. The lowest BCUT2D eigenvalue weighted by Crippen LogP contribution is -2.21. The lowest BCUT2D eigenvalue weighted by molar-refractivity contribution is 0.628. The van der Waals surface area contributed by atoms with Crippen molar-refractivity contribution in [2.45, 2.75) is 0 Å². The third-order valence-corrected chi connectivity index (χ3v) is 5.16. The van der Waals surface area contributed by atoms with E-state index in [0.717, 1.165) is 43.8 Å². The Morgan fingerprint density at radius 1 is 0.667 bits per heavy atom. The van der Waals surface area contributed by atoms with Crippen molar-refractivity contribution in [2.75, 3.05) is 0 Å². The van der Waals surface area contributed by atoms with E-state index in [1.807, 2.05) is 24.3 Å². The molecule has 2 N–H and O–H groups in total. The van der Waals surface area contributed by atoms with Gasteiger partial charge in [-0.15, -0.1) is 0 Å². The van der Waals surface area contributed by atoms with Crippen LogP contribution in [0.15, 0.2) is 103 Å². The van der Waals surface area contributed by atoms with E-state index < -0.39 is 0 Å². The number of halogens is 1. The summed E-state index contributed by atoms with van der Waals surface area (Å²) in [4.78, 5) is 0. The number of hydrogen-bond acceptors (Lipinski definition) is 1. The second kappa shape index (κ2) is 8.62. The molecule has 146 valence electrons. The third-order valence-electron chi connectivity index (χ3n) is 5.16. The normalized spacial score (nSPS) is 12.2. The van der Waals surface area contributed by atoms with Crippen LogP contribution in [0, 0.1) is 5.82 Å². The molecular weight excluding hydrogens is 369 g/mol. The molecule has 0 aliphatic rings. The van der Waals surface area contributed by atoms with E-state index in [9.17, 15) is 4.39 Å². The Bertz CT molecular complexity index is 1280. The Morgan fingerprint density at radius 3 is 1.63 bits per heavy atom. The van der Waals surface area contributed by atoms with Crippen molar-refractivity contribution in [3.63, 3.8) is 0 Å². The van der Waals surface area contributed by atoms with Gasteiger partial charge in [-0.3, -0.25) is 0 Å². The fraction of sp³-hybridized carbons (Fsp3) is 0. The molecule has 0 aliphatic heterocycles. The van der Waals surface area contributed by atoms with Crippen LogP contribution in [0.5, 0.6) is 0 Å². The Balaban J connectivity index is 1.59. The van der Waals surface area contributed by atoms with E-state index in [1.54, 1.807) is 18.3 Å². The molecule has 0 atom stereocenters. The van der Waals surface area contributed by atoms with Crippen molar-refractivity contribution >= 4 is 18.2 Å². The van der Waals surface area contributed by atoms with Crippen LogP contribution in [0.4, 0.5) is 4.39 Å². The highest BCUT2D eigenvalue weighted by molar-refractivity contribution is 5.88. The lowest BCUT2D eigenvalue weighted by atomic mass is 9.98. The number of nitrogens with two attached hydrogens (primary N) is 1. The number of benzene rings is 4. The Kier molecular flexibility index (Phi) is 5.58. The number of allylic oxidation sites excluding steroid dienone is 1. The molecular formula is C28H22FN. The van der Waals surface area contributed by atoms with Crippen molar-refractivity contribution < 1.29 is 4.39 Å². The molecule has 4 rings (SSSR count). The van der Waals surface area contributed by atoms with Crippen molar-refractivity contribution in [1.82, 2.24) is 0 Å². The highest BCUT2D eigenvalue weighted by Crippen LogP contribution is 2.26. The summed E-state index contributed by atoms with van der Waals surface area (Å²) < 4.78 is 13.1. The van der Waals surface area contributed by atoms with E-state index in [-0.39, 0.29) is 5.82 Å². The molecule has 0 saturated heterocycles. The second-order valence-electron chi connectivity index (χ2n) is 7.13. The summed E-state index contributed by atoms with van der Waals surface area (Å²) in [5.41, 5.74) is 12.2. The van der Waals surface area contributed by atoms with Gasteiger partial charge < -0.3 is 5.73 Å². The molecule has 0 unspecified atom stereocenters. The maximum atomic E-state index is 13.1. The van der Waals surface area contributed by atoms with Gasteiger partial charge in [0.15, 0.2) is 0 Å². The fourth-order valence-corrected chi connectivity index (χ4v) is 3.42. The first-order chi connectivity index (χ1) is 14.6. The van der Waals surface area contributed by atoms with E-state index in [4.69, 9.17) is 5.73 Å². The minimum atomic E-state index is -0.225. The first-order valence-corrected chi connectivity index (χ1v) is 9.78. The SMILES string of the molecule is C=c1cccc/c1=C/C(=C\N)c1ccc(-c2ccc(-c3ccc(F)cc3)cc2)cc1. The van der Waals surface area contributed by atoms with Crippen LogP contribution in [0.25, 0.3) is 40.5 Å². The van der Waals surface area contributed by atoms with Crippen LogP contribution in [-0.4, -0.2) is 0 Å². The van der Waals surface area contributed by atoms with E-state index in [1.165, 1.54) is 12.1 Å². The summed E-state index contributed by atoms with van der Waals surface area (Å²) in [6.07, 6.45) is 3.67. The van der Waals surface area contributed by atoms with Gasteiger partial charge in [-0.2, -0.15) is 0 Å². The minimum Gasteiger partial charge on any atom is -0.404 e. The molecule has 0 saturated carbocycles. The van der Waals surface area contributed by atoms with Crippen LogP contribution in [0.1, 0.15) is 5.56 Å². The fourth-order valence-electron chi connectivity index (χ4n) is 3.42. The maximum absolute atomic E-state index is 13.1. The predicted molar refractivity (Wildman–Crippen MR) is 125 cm³/mol. The molecule has 2 heteroatoms. The Labute approximate surface area is 175 Å². The zero-order chi connectivity index (χ0) is 20.9. The van der Waals surface area contributed by atoms with Crippen molar-refractivity contribution in [2.24, 2.45) is 5.73 Å². The molecule has 0 spiro atoms. The molecule has 0 heterocycles. The number of hydrogen-bond donors (Lipinski definition) is 1. The molecule has 30 heavy (non-hydrogen) atoms. The van der Waals surface area contributed by atoms with E-state index in [2.05, 4.69) is 61.2 Å². The molecule has 0 bridgehead atoms.